The van der Waals surface area contributed by atoms with Crippen molar-refractivity contribution in [3.05, 3.63) is 48.5 Å². The molecule has 2 aromatic carbocycles. The van der Waals surface area contributed by atoms with E-state index in [0.717, 1.165) is 0 Å². The Kier molecular flexibility index (Phi) is 3.71. The standard InChI is InChI=1S/C14H17O5P/c1-18-11-7-3-5-9-13(11)20(15,16,17)14-10-6-4-8-12(14)19-2/h3-10,15-17H,1-2H3. The zero-order valence-electron chi connectivity index (χ0n) is 11.2. The molecule has 0 aliphatic heterocycles. The molecule has 108 valence electrons. The fourth-order valence-corrected chi connectivity index (χ4v) is 4.19. The Hall–Kier alpha value is -1.65. The van der Waals surface area contributed by atoms with E-state index in [2.05, 4.69) is 0 Å². The Morgan fingerprint density at radius 3 is 1.40 bits per heavy atom. The summed E-state index contributed by atoms with van der Waals surface area (Å²) >= 11 is 0. The number of methoxy groups -OCH3 is 2. The third-order valence-electron chi connectivity index (χ3n) is 3.06. The minimum absolute atomic E-state index is 0.0644. The molecular weight excluding hydrogens is 279 g/mol. The van der Waals surface area contributed by atoms with Gasteiger partial charge in [0.2, 0.25) is 0 Å². The second-order valence-corrected chi connectivity index (χ2v) is 7.25. The van der Waals surface area contributed by atoms with Crippen molar-refractivity contribution in [1.29, 1.82) is 0 Å². The van der Waals surface area contributed by atoms with E-state index in [1.54, 1.807) is 36.4 Å². The first-order valence-corrected chi connectivity index (χ1v) is 8.02. The van der Waals surface area contributed by atoms with Gasteiger partial charge in [0.1, 0.15) is 0 Å². The van der Waals surface area contributed by atoms with Crippen molar-refractivity contribution in [2.45, 2.75) is 0 Å². The van der Waals surface area contributed by atoms with Gasteiger partial charge in [-0.2, -0.15) is 0 Å². The Balaban J connectivity index is 2.73. The van der Waals surface area contributed by atoms with Crippen LogP contribution in [0, 0.1) is 0 Å². The molecule has 0 aromatic heterocycles. The van der Waals surface area contributed by atoms with E-state index in [4.69, 9.17) is 9.47 Å². The van der Waals surface area contributed by atoms with E-state index in [-0.39, 0.29) is 22.1 Å². The maximum absolute atomic E-state index is 10.6. The molecule has 0 heterocycles. The van der Waals surface area contributed by atoms with Crippen LogP contribution in [0.5, 0.6) is 11.5 Å². The number of para-hydroxylation sites is 2. The molecule has 0 saturated carbocycles. The summed E-state index contributed by atoms with van der Waals surface area (Å²) in [5.41, 5.74) is 0. The van der Waals surface area contributed by atoms with Gasteiger partial charge in [0.15, 0.2) is 0 Å². The third kappa shape index (κ3) is 2.37. The molecule has 0 unspecified atom stereocenters. The fourth-order valence-electron chi connectivity index (χ4n) is 2.07. The SMILES string of the molecule is COc1ccccc1P(O)(O)(O)c1ccccc1OC. The summed E-state index contributed by atoms with van der Waals surface area (Å²) in [6.45, 7) is 0. The van der Waals surface area contributed by atoms with Crippen molar-refractivity contribution in [1.82, 2.24) is 0 Å². The van der Waals surface area contributed by atoms with Crippen LogP contribution in [0.3, 0.4) is 0 Å². The van der Waals surface area contributed by atoms with E-state index in [1.807, 2.05) is 0 Å². The molecular formula is C14H17O5P. The first-order chi connectivity index (χ1) is 9.39. The first-order valence-electron chi connectivity index (χ1n) is 5.93. The maximum atomic E-state index is 10.6. The average Bonchev–Trinajstić information content (AvgIpc) is 2.46. The van der Waals surface area contributed by atoms with Crippen molar-refractivity contribution < 1.29 is 24.2 Å². The van der Waals surface area contributed by atoms with Crippen LogP contribution >= 0.6 is 7.28 Å². The molecule has 0 aliphatic carbocycles. The van der Waals surface area contributed by atoms with Crippen LogP contribution in [-0.2, 0) is 0 Å². The molecule has 0 saturated heterocycles. The van der Waals surface area contributed by atoms with Crippen molar-refractivity contribution in [3.8, 4) is 11.5 Å². The summed E-state index contributed by atoms with van der Waals surface area (Å²) in [5.74, 6) is 0.396. The van der Waals surface area contributed by atoms with Gasteiger partial charge in [0.25, 0.3) is 0 Å². The number of benzene rings is 2. The van der Waals surface area contributed by atoms with E-state index in [0.29, 0.717) is 0 Å². The molecule has 2 aromatic rings. The van der Waals surface area contributed by atoms with Crippen LogP contribution in [0.15, 0.2) is 48.5 Å². The molecule has 0 radical (unpaired) electrons. The summed E-state index contributed by atoms with van der Waals surface area (Å²) < 4.78 is 10.2. The van der Waals surface area contributed by atoms with Crippen molar-refractivity contribution in [2.24, 2.45) is 0 Å². The van der Waals surface area contributed by atoms with Crippen LogP contribution in [0.4, 0.5) is 0 Å². The van der Waals surface area contributed by atoms with Gasteiger partial charge in [0.05, 0.1) is 0 Å². The molecule has 0 atom stereocenters. The monoisotopic (exact) mass is 296 g/mol. The molecule has 0 spiro atoms. The van der Waals surface area contributed by atoms with Crippen LogP contribution in [0.2, 0.25) is 0 Å². The predicted octanol–water partition coefficient (Wildman–Crippen LogP) is 0.930. The van der Waals surface area contributed by atoms with Gasteiger partial charge in [-0.1, -0.05) is 0 Å². The van der Waals surface area contributed by atoms with E-state index in [9.17, 15) is 14.7 Å². The van der Waals surface area contributed by atoms with Gasteiger partial charge in [-0.05, 0) is 0 Å². The molecule has 0 amide bonds. The second kappa shape index (κ2) is 5.04. The number of rotatable bonds is 4. The zero-order chi connectivity index (χ0) is 14.8. The molecule has 6 heteroatoms. The summed E-state index contributed by atoms with van der Waals surface area (Å²) in [5, 5.41) is -0.129. The fraction of sp³-hybridized carbons (Fsp3) is 0.143. The number of ether oxygens (including phenoxy) is 2. The average molecular weight is 296 g/mol. The normalized spacial score (nSPS) is 13.3. The van der Waals surface area contributed by atoms with Gasteiger partial charge < -0.3 is 0 Å². The Bertz CT molecular complexity index is 567. The topological polar surface area (TPSA) is 79.2 Å². The second-order valence-electron chi connectivity index (χ2n) is 4.32. The predicted molar refractivity (Wildman–Crippen MR) is 78.8 cm³/mol. The van der Waals surface area contributed by atoms with E-state index < -0.39 is 7.28 Å². The van der Waals surface area contributed by atoms with Crippen LogP contribution in [-0.4, -0.2) is 28.9 Å². The molecule has 0 bridgehead atoms. The Morgan fingerprint density at radius 2 is 1.05 bits per heavy atom. The minimum atomic E-state index is -5.32. The number of hydrogen-bond donors (Lipinski definition) is 3. The Labute approximate surface area is 117 Å². The van der Waals surface area contributed by atoms with E-state index >= 15 is 0 Å². The van der Waals surface area contributed by atoms with Gasteiger partial charge in [-0.25, -0.2) is 0 Å². The van der Waals surface area contributed by atoms with Crippen LogP contribution in [0.1, 0.15) is 0 Å². The van der Waals surface area contributed by atoms with Crippen LogP contribution < -0.4 is 20.1 Å². The van der Waals surface area contributed by atoms with E-state index in [1.165, 1.54) is 26.4 Å². The van der Waals surface area contributed by atoms with Crippen LogP contribution in [0.25, 0.3) is 0 Å². The number of hydrogen-bond acceptors (Lipinski definition) is 5. The molecule has 20 heavy (non-hydrogen) atoms. The molecule has 5 nitrogen and oxygen atoms in total. The summed E-state index contributed by atoms with van der Waals surface area (Å²) in [6, 6.07) is 12.5. The Morgan fingerprint density at radius 1 is 0.700 bits per heavy atom. The molecule has 0 fully saturated rings. The van der Waals surface area contributed by atoms with Gasteiger partial charge in [-0.15, -0.1) is 0 Å². The quantitative estimate of drug-likeness (QED) is 0.732. The van der Waals surface area contributed by atoms with Gasteiger partial charge >= 0.3 is 116 Å². The molecule has 0 aliphatic rings. The summed E-state index contributed by atoms with van der Waals surface area (Å²) in [6.07, 6.45) is 0. The summed E-state index contributed by atoms with van der Waals surface area (Å²) in [4.78, 5) is 31.9. The third-order valence-corrected chi connectivity index (χ3v) is 5.57. The zero-order valence-corrected chi connectivity index (χ0v) is 12.1. The van der Waals surface area contributed by atoms with Gasteiger partial charge in [-0.3, -0.25) is 0 Å². The first kappa shape index (κ1) is 14.8. The molecule has 3 N–H and O–H groups in total. The van der Waals surface area contributed by atoms with Crippen molar-refractivity contribution >= 4 is 17.9 Å². The van der Waals surface area contributed by atoms with Crippen molar-refractivity contribution in [3.63, 3.8) is 0 Å². The van der Waals surface area contributed by atoms with Crippen molar-refractivity contribution in [2.75, 3.05) is 14.2 Å². The summed E-state index contributed by atoms with van der Waals surface area (Å²) in [7, 11) is -2.53. The molecule has 2 rings (SSSR count). The van der Waals surface area contributed by atoms with Gasteiger partial charge in [0, 0.05) is 0 Å².